The lowest BCUT2D eigenvalue weighted by Gasteiger charge is -2.08. The summed E-state index contributed by atoms with van der Waals surface area (Å²) in [5.41, 5.74) is 4.05. The Labute approximate surface area is 122 Å². The summed E-state index contributed by atoms with van der Waals surface area (Å²) >= 11 is 1.66. The van der Waals surface area contributed by atoms with Gasteiger partial charge in [-0.2, -0.15) is 0 Å². The maximum Gasteiger partial charge on any atom is 0.255 e. The summed E-state index contributed by atoms with van der Waals surface area (Å²) in [7, 11) is 0. The molecule has 0 bridgehead atoms. The summed E-state index contributed by atoms with van der Waals surface area (Å²) in [4.78, 5) is 13.4. The number of rotatable bonds is 3. The molecule has 2 aromatic rings. The van der Waals surface area contributed by atoms with Gasteiger partial charge in [0.15, 0.2) is 0 Å². The van der Waals surface area contributed by atoms with Crippen LogP contribution in [0.5, 0.6) is 0 Å². The second-order valence-electron chi connectivity index (χ2n) is 4.77. The molecule has 0 radical (unpaired) electrons. The van der Waals surface area contributed by atoms with Crippen LogP contribution in [0.2, 0.25) is 0 Å². The summed E-state index contributed by atoms with van der Waals surface area (Å²) in [5.74, 6) is -0.0575. The summed E-state index contributed by atoms with van der Waals surface area (Å²) < 4.78 is 0. The molecule has 4 heteroatoms. The lowest BCUT2D eigenvalue weighted by molar-refractivity contribution is 0.102. The SMILES string of the molecule is CSc1cccc(NC(=O)c2ccc3c(c2)CNC3)c1. The third-order valence-corrected chi connectivity index (χ3v) is 4.15. The Hall–Kier alpha value is -1.78. The van der Waals surface area contributed by atoms with E-state index in [4.69, 9.17) is 0 Å². The highest BCUT2D eigenvalue weighted by Gasteiger charge is 2.13. The van der Waals surface area contributed by atoms with Gasteiger partial charge in [-0.3, -0.25) is 4.79 Å². The van der Waals surface area contributed by atoms with Crippen LogP contribution in [0.1, 0.15) is 21.5 Å². The lowest BCUT2D eigenvalue weighted by Crippen LogP contribution is -2.12. The third kappa shape index (κ3) is 2.71. The van der Waals surface area contributed by atoms with Crippen molar-refractivity contribution in [3.63, 3.8) is 0 Å². The molecule has 0 fully saturated rings. The largest absolute Gasteiger partial charge is 0.322 e. The fourth-order valence-corrected chi connectivity index (χ4v) is 2.80. The zero-order valence-corrected chi connectivity index (χ0v) is 12.1. The van der Waals surface area contributed by atoms with Crippen LogP contribution in [0.15, 0.2) is 47.4 Å². The van der Waals surface area contributed by atoms with E-state index in [1.54, 1.807) is 11.8 Å². The van der Waals surface area contributed by atoms with Crippen molar-refractivity contribution >= 4 is 23.4 Å². The van der Waals surface area contributed by atoms with E-state index in [2.05, 4.69) is 10.6 Å². The Morgan fingerprint density at radius 1 is 1.15 bits per heavy atom. The van der Waals surface area contributed by atoms with E-state index in [9.17, 15) is 4.79 Å². The smallest absolute Gasteiger partial charge is 0.255 e. The first-order valence-corrected chi connectivity index (χ1v) is 7.76. The molecular formula is C16H16N2OS. The predicted octanol–water partition coefficient (Wildman–Crippen LogP) is 3.26. The van der Waals surface area contributed by atoms with Gasteiger partial charge in [-0.15, -0.1) is 11.8 Å². The molecule has 2 N–H and O–H groups in total. The van der Waals surface area contributed by atoms with Crippen molar-refractivity contribution in [3.05, 3.63) is 59.2 Å². The van der Waals surface area contributed by atoms with Crippen LogP contribution in [-0.2, 0) is 13.1 Å². The Morgan fingerprint density at radius 3 is 2.85 bits per heavy atom. The average molecular weight is 284 g/mol. The van der Waals surface area contributed by atoms with Gasteiger partial charge < -0.3 is 10.6 Å². The number of benzene rings is 2. The minimum atomic E-state index is -0.0575. The number of thioether (sulfide) groups is 1. The van der Waals surface area contributed by atoms with E-state index >= 15 is 0 Å². The van der Waals surface area contributed by atoms with E-state index in [1.807, 2.05) is 48.7 Å². The first-order valence-electron chi connectivity index (χ1n) is 6.54. The van der Waals surface area contributed by atoms with Gasteiger partial charge >= 0.3 is 0 Å². The van der Waals surface area contributed by atoms with Crippen molar-refractivity contribution < 1.29 is 4.79 Å². The molecule has 0 spiro atoms. The quantitative estimate of drug-likeness (QED) is 0.850. The van der Waals surface area contributed by atoms with Gasteiger partial charge in [0.25, 0.3) is 5.91 Å². The highest BCUT2D eigenvalue weighted by Crippen LogP contribution is 2.21. The Kier molecular flexibility index (Phi) is 3.76. The second kappa shape index (κ2) is 5.69. The molecule has 0 unspecified atom stereocenters. The molecular weight excluding hydrogens is 268 g/mol. The Morgan fingerprint density at radius 2 is 2.00 bits per heavy atom. The molecule has 1 aliphatic rings. The van der Waals surface area contributed by atoms with Gasteiger partial charge in [0.2, 0.25) is 0 Å². The van der Waals surface area contributed by atoms with Crippen molar-refractivity contribution in [3.8, 4) is 0 Å². The maximum absolute atomic E-state index is 12.3. The molecule has 20 heavy (non-hydrogen) atoms. The van der Waals surface area contributed by atoms with E-state index in [1.165, 1.54) is 11.1 Å². The molecule has 3 rings (SSSR count). The fourth-order valence-electron chi connectivity index (χ4n) is 2.34. The Balaban J connectivity index is 1.79. The highest BCUT2D eigenvalue weighted by atomic mass is 32.2. The van der Waals surface area contributed by atoms with Crippen molar-refractivity contribution in [2.75, 3.05) is 11.6 Å². The highest BCUT2D eigenvalue weighted by molar-refractivity contribution is 7.98. The molecule has 0 aromatic heterocycles. The van der Waals surface area contributed by atoms with Crippen LogP contribution in [0, 0.1) is 0 Å². The van der Waals surface area contributed by atoms with Crippen molar-refractivity contribution in [2.45, 2.75) is 18.0 Å². The summed E-state index contributed by atoms with van der Waals surface area (Å²) in [5, 5.41) is 6.24. The predicted molar refractivity (Wildman–Crippen MR) is 83.2 cm³/mol. The van der Waals surface area contributed by atoms with Gasteiger partial charge in [0.1, 0.15) is 0 Å². The lowest BCUT2D eigenvalue weighted by atomic mass is 10.1. The monoisotopic (exact) mass is 284 g/mol. The van der Waals surface area contributed by atoms with E-state index in [-0.39, 0.29) is 5.91 Å². The van der Waals surface area contributed by atoms with Gasteiger partial charge in [-0.1, -0.05) is 12.1 Å². The van der Waals surface area contributed by atoms with Gasteiger partial charge in [0, 0.05) is 29.2 Å². The second-order valence-corrected chi connectivity index (χ2v) is 5.65. The molecule has 2 aromatic carbocycles. The summed E-state index contributed by atoms with van der Waals surface area (Å²) in [6.45, 7) is 1.74. The Bertz CT molecular complexity index is 655. The van der Waals surface area contributed by atoms with Crippen LogP contribution in [0.25, 0.3) is 0 Å². The number of amides is 1. The van der Waals surface area contributed by atoms with Gasteiger partial charge in [-0.05, 0) is 47.7 Å². The first-order chi connectivity index (χ1) is 9.76. The number of hydrogen-bond acceptors (Lipinski definition) is 3. The van der Waals surface area contributed by atoms with Crippen LogP contribution in [0.3, 0.4) is 0 Å². The van der Waals surface area contributed by atoms with Crippen molar-refractivity contribution in [1.29, 1.82) is 0 Å². The van der Waals surface area contributed by atoms with Crippen LogP contribution >= 0.6 is 11.8 Å². The molecule has 1 aliphatic heterocycles. The minimum absolute atomic E-state index is 0.0575. The fraction of sp³-hybridized carbons (Fsp3) is 0.188. The van der Waals surface area contributed by atoms with E-state index < -0.39 is 0 Å². The molecule has 0 atom stereocenters. The number of carbonyl (C=O) groups is 1. The number of fused-ring (bicyclic) bond motifs is 1. The summed E-state index contributed by atoms with van der Waals surface area (Å²) in [6, 6.07) is 13.8. The minimum Gasteiger partial charge on any atom is -0.322 e. The number of carbonyl (C=O) groups excluding carboxylic acids is 1. The summed E-state index contributed by atoms with van der Waals surface area (Å²) in [6.07, 6.45) is 2.02. The van der Waals surface area contributed by atoms with Crippen LogP contribution in [-0.4, -0.2) is 12.2 Å². The van der Waals surface area contributed by atoms with Crippen LogP contribution < -0.4 is 10.6 Å². The molecule has 102 valence electrons. The third-order valence-electron chi connectivity index (χ3n) is 3.43. The molecule has 0 saturated carbocycles. The van der Waals surface area contributed by atoms with Gasteiger partial charge in [-0.25, -0.2) is 0 Å². The molecule has 1 amide bonds. The molecule has 0 saturated heterocycles. The normalized spacial score (nSPS) is 13.1. The zero-order valence-electron chi connectivity index (χ0n) is 11.3. The molecule has 1 heterocycles. The van der Waals surface area contributed by atoms with Crippen LogP contribution in [0.4, 0.5) is 5.69 Å². The first kappa shape index (κ1) is 13.2. The standard InChI is InChI=1S/C16H16N2OS/c1-20-15-4-2-3-14(8-15)18-16(19)11-5-6-12-9-17-10-13(12)7-11/h2-8,17H,9-10H2,1H3,(H,18,19). The van der Waals surface area contributed by atoms with E-state index in [0.717, 1.165) is 23.7 Å². The molecule has 3 nitrogen and oxygen atoms in total. The van der Waals surface area contributed by atoms with Crippen molar-refractivity contribution in [1.82, 2.24) is 5.32 Å². The van der Waals surface area contributed by atoms with Crippen molar-refractivity contribution in [2.24, 2.45) is 0 Å². The number of nitrogens with one attached hydrogen (secondary N) is 2. The molecule has 0 aliphatic carbocycles. The van der Waals surface area contributed by atoms with Gasteiger partial charge in [0.05, 0.1) is 0 Å². The zero-order chi connectivity index (χ0) is 13.9. The average Bonchev–Trinajstić information content (AvgIpc) is 2.94. The topological polar surface area (TPSA) is 41.1 Å². The maximum atomic E-state index is 12.3. The van der Waals surface area contributed by atoms with E-state index in [0.29, 0.717) is 5.56 Å². The number of anilines is 1. The number of hydrogen-bond donors (Lipinski definition) is 2.